The summed E-state index contributed by atoms with van der Waals surface area (Å²) in [4.78, 5) is 4.47. The van der Waals surface area contributed by atoms with E-state index in [2.05, 4.69) is 4.99 Å². The van der Waals surface area contributed by atoms with Crippen molar-refractivity contribution in [3.8, 4) is 17.2 Å². The van der Waals surface area contributed by atoms with Crippen LogP contribution in [0.15, 0.2) is 47.5 Å². The largest absolute Gasteiger partial charge is 0.489 e. The van der Waals surface area contributed by atoms with Crippen LogP contribution in [-0.4, -0.2) is 30.6 Å². The second-order valence-electron chi connectivity index (χ2n) is 5.14. The molecule has 1 fully saturated rings. The summed E-state index contributed by atoms with van der Waals surface area (Å²) < 4.78 is 16.5. The van der Waals surface area contributed by atoms with Crippen molar-refractivity contribution in [1.29, 1.82) is 0 Å². The molecule has 112 valence electrons. The van der Waals surface area contributed by atoms with Gasteiger partial charge in [-0.2, -0.15) is 11.8 Å². The minimum absolute atomic E-state index is 0.281. The zero-order valence-corrected chi connectivity index (χ0v) is 12.7. The third-order valence-electron chi connectivity index (χ3n) is 3.51. The lowest BCUT2D eigenvalue weighted by atomic mass is 10.2. The molecular weight excluding hydrogens is 298 g/mol. The number of benzene rings is 2. The van der Waals surface area contributed by atoms with Crippen molar-refractivity contribution in [1.82, 2.24) is 0 Å². The molecule has 4 nitrogen and oxygen atoms in total. The molecule has 2 aromatic carbocycles. The first-order valence-electron chi connectivity index (χ1n) is 7.15. The predicted molar refractivity (Wildman–Crippen MR) is 88.0 cm³/mol. The van der Waals surface area contributed by atoms with Gasteiger partial charge in [0.15, 0.2) is 11.5 Å². The van der Waals surface area contributed by atoms with Gasteiger partial charge >= 0.3 is 0 Å². The number of nitrogens with zero attached hydrogens (tertiary/aromatic N) is 1. The van der Waals surface area contributed by atoms with E-state index in [1.165, 1.54) is 0 Å². The summed E-state index contributed by atoms with van der Waals surface area (Å²) in [6.07, 6.45) is 2.21. The van der Waals surface area contributed by atoms with E-state index < -0.39 is 0 Å². The molecule has 0 aromatic heterocycles. The van der Waals surface area contributed by atoms with Crippen LogP contribution in [0.3, 0.4) is 0 Å². The Bertz CT molecular complexity index is 696. The fourth-order valence-electron chi connectivity index (χ4n) is 2.22. The summed E-state index contributed by atoms with van der Waals surface area (Å²) in [5, 5.41) is 0. The fraction of sp³-hybridized carbons (Fsp3) is 0.235. The van der Waals surface area contributed by atoms with Gasteiger partial charge in [0, 0.05) is 23.8 Å². The van der Waals surface area contributed by atoms with Gasteiger partial charge in [0.25, 0.3) is 0 Å². The highest BCUT2D eigenvalue weighted by Gasteiger charge is 2.19. The molecule has 22 heavy (non-hydrogen) atoms. The Kier molecular flexibility index (Phi) is 3.64. The SMILES string of the molecule is C(=Nc1ccc2c(c1)OCO2)c1ccc(OC2CSC2)cc1. The van der Waals surface area contributed by atoms with E-state index in [-0.39, 0.29) is 6.79 Å². The van der Waals surface area contributed by atoms with Gasteiger partial charge in [0.2, 0.25) is 6.79 Å². The molecule has 0 radical (unpaired) electrons. The quantitative estimate of drug-likeness (QED) is 0.808. The lowest BCUT2D eigenvalue weighted by Gasteiger charge is -2.25. The Morgan fingerprint density at radius 3 is 2.64 bits per heavy atom. The van der Waals surface area contributed by atoms with Gasteiger partial charge in [-0.15, -0.1) is 0 Å². The van der Waals surface area contributed by atoms with Crippen LogP contribution in [0, 0.1) is 0 Å². The van der Waals surface area contributed by atoms with Gasteiger partial charge in [-0.05, 0) is 42.0 Å². The normalized spacial score (nSPS) is 16.7. The van der Waals surface area contributed by atoms with Crippen molar-refractivity contribution < 1.29 is 14.2 Å². The molecule has 0 aliphatic carbocycles. The molecule has 0 amide bonds. The Morgan fingerprint density at radius 2 is 1.86 bits per heavy atom. The van der Waals surface area contributed by atoms with Crippen molar-refractivity contribution >= 4 is 23.7 Å². The molecule has 2 aliphatic heterocycles. The van der Waals surface area contributed by atoms with Gasteiger partial charge in [-0.25, -0.2) is 0 Å². The highest BCUT2D eigenvalue weighted by Crippen LogP contribution is 2.35. The van der Waals surface area contributed by atoms with E-state index in [1.807, 2.05) is 60.4 Å². The number of aliphatic imine (C=N–C) groups is 1. The number of hydrogen-bond acceptors (Lipinski definition) is 5. The number of hydrogen-bond donors (Lipinski definition) is 0. The Hall–Kier alpha value is -2.14. The molecule has 0 bridgehead atoms. The molecule has 0 spiro atoms. The van der Waals surface area contributed by atoms with E-state index >= 15 is 0 Å². The maximum absolute atomic E-state index is 5.82. The molecule has 2 heterocycles. The molecule has 0 atom stereocenters. The van der Waals surface area contributed by atoms with Crippen LogP contribution >= 0.6 is 11.8 Å². The first-order valence-corrected chi connectivity index (χ1v) is 8.30. The van der Waals surface area contributed by atoms with E-state index in [0.717, 1.165) is 40.0 Å². The summed E-state index contributed by atoms with van der Waals surface area (Å²) >= 11 is 1.92. The van der Waals surface area contributed by atoms with Gasteiger partial charge in [0.05, 0.1) is 5.69 Å². The molecule has 0 N–H and O–H groups in total. The zero-order chi connectivity index (χ0) is 14.8. The van der Waals surface area contributed by atoms with E-state index in [4.69, 9.17) is 14.2 Å². The van der Waals surface area contributed by atoms with Crippen molar-refractivity contribution in [2.45, 2.75) is 6.10 Å². The minimum Gasteiger partial charge on any atom is -0.489 e. The van der Waals surface area contributed by atoms with Crippen molar-refractivity contribution in [2.24, 2.45) is 4.99 Å². The van der Waals surface area contributed by atoms with Gasteiger partial charge in [0.1, 0.15) is 11.9 Å². The van der Waals surface area contributed by atoms with E-state index in [1.54, 1.807) is 0 Å². The third-order valence-corrected chi connectivity index (χ3v) is 4.72. The summed E-state index contributed by atoms with van der Waals surface area (Å²) in [5.41, 5.74) is 1.88. The predicted octanol–water partition coefficient (Wildman–Crippen LogP) is 3.66. The Labute approximate surface area is 133 Å². The molecule has 2 aromatic rings. The van der Waals surface area contributed by atoms with Crippen LogP contribution in [0.1, 0.15) is 5.56 Å². The molecule has 2 aliphatic rings. The fourth-order valence-corrected chi connectivity index (χ4v) is 2.79. The zero-order valence-electron chi connectivity index (χ0n) is 11.9. The average Bonchev–Trinajstić information content (AvgIpc) is 2.97. The second-order valence-corrected chi connectivity index (χ2v) is 6.22. The van der Waals surface area contributed by atoms with Crippen LogP contribution < -0.4 is 14.2 Å². The molecule has 0 saturated carbocycles. The van der Waals surface area contributed by atoms with Gasteiger partial charge in [-0.3, -0.25) is 4.99 Å². The Balaban J connectivity index is 1.43. The number of ether oxygens (including phenoxy) is 3. The first-order chi connectivity index (χ1) is 10.9. The van der Waals surface area contributed by atoms with Crippen molar-refractivity contribution in [3.63, 3.8) is 0 Å². The molecule has 4 rings (SSSR count). The number of fused-ring (bicyclic) bond motifs is 1. The Morgan fingerprint density at radius 1 is 1.05 bits per heavy atom. The number of thioether (sulfide) groups is 1. The van der Waals surface area contributed by atoms with E-state index in [9.17, 15) is 0 Å². The van der Waals surface area contributed by atoms with Gasteiger partial charge < -0.3 is 14.2 Å². The van der Waals surface area contributed by atoms with Crippen molar-refractivity contribution in [3.05, 3.63) is 48.0 Å². The topological polar surface area (TPSA) is 40.0 Å². The number of rotatable bonds is 4. The van der Waals surface area contributed by atoms with Crippen LogP contribution in [0.5, 0.6) is 17.2 Å². The average molecular weight is 313 g/mol. The molecule has 1 saturated heterocycles. The first kappa shape index (κ1) is 13.5. The highest BCUT2D eigenvalue weighted by atomic mass is 32.2. The standard InChI is InChI=1S/C17H15NO3S/c1-4-14(21-15-9-22-10-15)5-2-12(1)8-18-13-3-6-16-17(7-13)20-11-19-16/h1-8,15H,9-11H2. The maximum atomic E-state index is 5.82. The summed E-state index contributed by atoms with van der Waals surface area (Å²) in [6.45, 7) is 0.281. The highest BCUT2D eigenvalue weighted by molar-refractivity contribution is 8.00. The minimum atomic E-state index is 0.281. The molecule has 5 heteroatoms. The van der Waals surface area contributed by atoms with Crippen LogP contribution in [0.2, 0.25) is 0 Å². The van der Waals surface area contributed by atoms with Crippen LogP contribution in [0.25, 0.3) is 0 Å². The summed E-state index contributed by atoms with van der Waals surface area (Å²) in [5.74, 6) is 4.62. The maximum Gasteiger partial charge on any atom is 0.231 e. The van der Waals surface area contributed by atoms with Gasteiger partial charge in [-0.1, -0.05) is 0 Å². The van der Waals surface area contributed by atoms with E-state index in [0.29, 0.717) is 6.10 Å². The monoisotopic (exact) mass is 313 g/mol. The lowest BCUT2D eigenvalue weighted by Crippen LogP contribution is -2.30. The lowest BCUT2D eigenvalue weighted by molar-refractivity contribution is 0.174. The van der Waals surface area contributed by atoms with Crippen molar-refractivity contribution in [2.75, 3.05) is 18.3 Å². The third kappa shape index (κ3) is 2.90. The molecule has 0 unspecified atom stereocenters. The summed E-state index contributed by atoms with van der Waals surface area (Å²) in [6, 6.07) is 13.7. The smallest absolute Gasteiger partial charge is 0.231 e. The van der Waals surface area contributed by atoms with Crippen LogP contribution in [-0.2, 0) is 0 Å². The second kappa shape index (κ2) is 5.93. The molecular formula is C17H15NO3S. The summed E-state index contributed by atoms with van der Waals surface area (Å²) in [7, 11) is 0. The van der Waals surface area contributed by atoms with Crippen LogP contribution in [0.4, 0.5) is 5.69 Å².